The SMILES string of the molecule is CC.Cc1ccccc1F.Cc1ccccc1N. The highest BCUT2D eigenvalue weighted by Gasteiger charge is 1.88. The predicted molar refractivity (Wildman–Crippen MR) is 78.1 cm³/mol. The number of anilines is 1. The third kappa shape index (κ3) is 6.04. The Kier molecular flexibility index (Phi) is 8.29. The zero-order valence-corrected chi connectivity index (χ0v) is 11.6. The van der Waals surface area contributed by atoms with Crippen molar-refractivity contribution in [3.8, 4) is 0 Å². The first-order valence-corrected chi connectivity index (χ1v) is 6.13. The van der Waals surface area contributed by atoms with Gasteiger partial charge < -0.3 is 5.73 Å². The number of nitrogen functional groups attached to an aromatic ring is 1. The van der Waals surface area contributed by atoms with E-state index in [9.17, 15) is 4.39 Å². The maximum atomic E-state index is 12.3. The first-order chi connectivity index (χ1) is 8.61. The highest BCUT2D eigenvalue weighted by molar-refractivity contribution is 5.44. The summed E-state index contributed by atoms with van der Waals surface area (Å²) in [5.74, 6) is -0.132. The van der Waals surface area contributed by atoms with Gasteiger partial charge in [0.25, 0.3) is 0 Å². The molecule has 0 saturated heterocycles. The molecule has 0 aliphatic rings. The molecule has 18 heavy (non-hydrogen) atoms. The fourth-order valence-corrected chi connectivity index (χ4v) is 1.14. The number of nitrogens with two attached hydrogens (primary N) is 1. The van der Waals surface area contributed by atoms with Crippen LogP contribution in [0.25, 0.3) is 0 Å². The average Bonchev–Trinajstić information content (AvgIpc) is 2.40. The van der Waals surface area contributed by atoms with Crippen molar-refractivity contribution in [1.82, 2.24) is 0 Å². The molecule has 98 valence electrons. The molecule has 2 heteroatoms. The molecule has 0 amide bonds. The van der Waals surface area contributed by atoms with Crippen LogP contribution in [0.2, 0.25) is 0 Å². The van der Waals surface area contributed by atoms with E-state index in [1.807, 2.05) is 51.1 Å². The van der Waals surface area contributed by atoms with Gasteiger partial charge in [0.1, 0.15) is 5.82 Å². The van der Waals surface area contributed by atoms with Crippen molar-refractivity contribution in [1.29, 1.82) is 0 Å². The topological polar surface area (TPSA) is 26.0 Å². The Bertz CT molecular complexity index is 367. The lowest BCUT2D eigenvalue weighted by Crippen LogP contribution is -1.85. The van der Waals surface area contributed by atoms with Crippen molar-refractivity contribution < 1.29 is 4.39 Å². The second-order valence-corrected chi connectivity index (χ2v) is 3.61. The Morgan fingerprint density at radius 2 is 1.22 bits per heavy atom. The Morgan fingerprint density at radius 1 is 0.778 bits per heavy atom. The molecule has 0 bridgehead atoms. The Hall–Kier alpha value is -1.83. The summed E-state index contributed by atoms with van der Waals surface area (Å²) in [6, 6.07) is 14.5. The van der Waals surface area contributed by atoms with Crippen molar-refractivity contribution in [2.24, 2.45) is 0 Å². The number of rotatable bonds is 0. The Balaban J connectivity index is 0.000000283. The largest absolute Gasteiger partial charge is 0.399 e. The maximum absolute atomic E-state index is 12.3. The summed E-state index contributed by atoms with van der Waals surface area (Å²) in [5, 5.41) is 0. The van der Waals surface area contributed by atoms with Crippen LogP contribution in [0.1, 0.15) is 25.0 Å². The third-order valence-corrected chi connectivity index (χ3v) is 2.27. The first kappa shape index (κ1) is 16.2. The summed E-state index contributed by atoms with van der Waals surface area (Å²) < 4.78 is 12.3. The van der Waals surface area contributed by atoms with E-state index in [0.29, 0.717) is 5.56 Å². The van der Waals surface area contributed by atoms with Crippen molar-refractivity contribution >= 4 is 5.69 Å². The number of hydrogen-bond donors (Lipinski definition) is 1. The molecule has 0 unspecified atom stereocenters. The van der Waals surface area contributed by atoms with Gasteiger partial charge in [-0.05, 0) is 37.1 Å². The lowest BCUT2D eigenvalue weighted by molar-refractivity contribution is 0.618. The summed E-state index contributed by atoms with van der Waals surface area (Å²) in [5.41, 5.74) is 8.24. The van der Waals surface area contributed by atoms with Crippen molar-refractivity contribution in [2.75, 3.05) is 5.73 Å². The summed E-state index contributed by atoms with van der Waals surface area (Å²) in [7, 11) is 0. The fourth-order valence-electron chi connectivity index (χ4n) is 1.14. The molecule has 0 saturated carbocycles. The summed E-state index contributed by atoms with van der Waals surface area (Å²) in [6.07, 6.45) is 0. The minimum Gasteiger partial charge on any atom is -0.399 e. The van der Waals surface area contributed by atoms with Crippen LogP contribution in [-0.4, -0.2) is 0 Å². The fraction of sp³-hybridized carbons (Fsp3) is 0.250. The molecule has 2 rings (SSSR count). The van der Waals surface area contributed by atoms with E-state index in [0.717, 1.165) is 11.3 Å². The second kappa shape index (κ2) is 9.23. The molecule has 0 spiro atoms. The van der Waals surface area contributed by atoms with E-state index in [-0.39, 0.29) is 5.82 Å². The number of aryl methyl sites for hydroxylation is 2. The van der Waals surface area contributed by atoms with Gasteiger partial charge >= 0.3 is 0 Å². The van der Waals surface area contributed by atoms with Gasteiger partial charge in [0.2, 0.25) is 0 Å². The van der Waals surface area contributed by atoms with Crippen LogP contribution in [0.4, 0.5) is 10.1 Å². The molecule has 0 atom stereocenters. The van der Waals surface area contributed by atoms with Gasteiger partial charge in [-0.25, -0.2) is 4.39 Å². The molecule has 1 nitrogen and oxygen atoms in total. The van der Waals surface area contributed by atoms with Crippen molar-refractivity contribution in [3.05, 3.63) is 65.5 Å². The van der Waals surface area contributed by atoms with Crippen LogP contribution in [0, 0.1) is 19.7 Å². The average molecular weight is 247 g/mol. The normalized spacial score (nSPS) is 8.50. The first-order valence-electron chi connectivity index (χ1n) is 6.13. The van der Waals surface area contributed by atoms with Crippen LogP contribution < -0.4 is 5.73 Å². The summed E-state index contributed by atoms with van der Waals surface area (Å²) >= 11 is 0. The van der Waals surface area contributed by atoms with Gasteiger partial charge in [-0.3, -0.25) is 0 Å². The van der Waals surface area contributed by atoms with Crippen LogP contribution in [0.15, 0.2) is 48.5 Å². The highest BCUT2D eigenvalue weighted by Crippen LogP contribution is 2.06. The molecular weight excluding hydrogens is 225 g/mol. The van der Waals surface area contributed by atoms with E-state index < -0.39 is 0 Å². The Morgan fingerprint density at radius 3 is 1.50 bits per heavy atom. The lowest BCUT2D eigenvalue weighted by atomic mass is 10.2. The van der Waals surface area contributed by atoms with Gasteiger partial charge in [-0.2, -0.15) is 0 Å². The zero-order valence-electron chi connectivity index (χ0n) is 11.6. The molecule has 0 radical (unpaired) electrons. The van der Waals surface area contributed by atoms with Crippen LogP contribution >= 0.6 is 0 Å². The molecular formula is C16H22FN. The van der Waals surface area contributed by atoms with Crippen LogP contribution in [0.5, 0.6) is 0 Å². The number of halogens is 1. The van der Waals surface area contributed by atoms with E-state index in [4.69, 9.17) is 5.73 Å². The second-order valence-electron chi connectivity index (χ2n) is 3.61. The minimum atomic E-state index is -0.132. The molecule has 0 aromatic heterocycles. The summed E-state index contributed by atoms with van der Waals surface area (Å²) in [4.78, 5) is 0. The van der Waals surface area contributed by atoms with Gasteiger partial charge in [-0.15, -0.1) is 0 Å². The number of para-hydroxylation sites is 1. The molecule has 0 aliphatic heterocycles. The van der Waals surface area contributed by atoms with E-state index >= 15 is 0 Å². The van der Waals surface area contributed by atoms with Gasteiger partial charge in [0.05, 0.1) is 0 Å². The molecule has 2 N–H and O–H groups in total. The molecule has 0 aliphatic carbocycles. The van der Waals surface area contributed by atoms with E-state index in [1.54, 1.807) is 19.1 Å². The van der Waals surface area contributed by atoms with Crippen LogP contribution in [0.3, 0.4) is 0 Å². The molecule has 2 aromatic rings. The number of benzene rings is 2. The highest BCUT2D eigenvalue weighted by atomic mass is 19.1. The number of hydrogen-bond acceptors (Lipinski definition) is 1. The monoisotopic (exact) mass is 247 g/mol. The smallest absolute Gasteiger partial charge is 0.126 e. The Labute approximate surface area is 109 Å². The van der Waals surface area contributed by atoms with Gasteiger partial charge in [0.15, 0.2) is 0 Å². The predicted octanol–water partition coefficient (Wildman–Crippen LogP) is 4.74. The quantitative estimate of drug-likeness (QED) is 0.669. The van der Waals surface area contributed by atoms with Crippen molar-refractivity contribution in [2.45, 2.75) is 27.7 Å². The molecule has 2 aromatic carbocycles. The van der Waals surface area contributed by atoms with Gasteiger partial charge in [-0.1, -0.05) is 50.2 Å². The van der Waals surface area contributed by atoms with E-state index in [2.05, 4.69) is 0 Å². The lowest BCUT2D eigenvalue weighted by Gasteiger charge is -1.93. The molecule has 0 fully saturated rings. The van der Waals surface area contributed by atoms with E-state index in [1.165, 1.54) is 6.07 Å². The maximum Gasteiger partial charge on any atom is 0.126 e. The van der Waals surface area contributed by atoms with Gasteiger partial charge in [0, 0.05) is 5.69 Å². The third-order valence-electron chi connectivity index (χ3n) is 2.27. The minimum absolute atomic E-state index is 0.132. The van der Waals surface area contributed by atoms with Crippen molar-refractivity contribution in [3.63, 3.8) is 0 Å². The molecule has 0 heterocycles. The standard InChI is InChI=1S/C7H7F.C7H9N.C2H6/c2*1-6-4-2-3-5-7(6)8;1-2/h2-5H,1H3;2-5H,8H2,1H3;1-2H3. The zero-order chi connectivity index (χ0) is 14.0. The van der Waals surface area contributed by atoms with Crippen LogP contribution in [-0.2, 0) is 0 Å². The summed E-state index contributed by atoms with van der Waals surface area (Å²) in [6.45, 7) is 7.74.